The molecule has 0 unspecified atom stereocenters. The Balaban J connectivity index is 3.09. The minimum Gasteiger partial charge on any atom is -0.0928 e. The van der Waals surface area contributed by atoms with E-state index < -0.39 is 0 Å². The molecule has 0 aromatic heterocycles. The van der Waals surface area contributed by atoms with Crippen LogP contribution in [-0.4, -0.2) is 5.33 Å². The third-order valence-electron chi connectivity index (χ3n) is 1.35. The van der Waals surface area contributed by atoms with Crippen molar-refractivity contribution in [3.8, 4) is 0 Å². The summed E-state index contributed by atoms with van der Waals surface area (Å²) in [6.07, 6.45) is 13.6. The molecule has 64 valence electrons. The van der Waals surface area contributed by atoms with Gasteiger partial charge in [0.25, 0.3) is 0 Å². The fraction of sp³-hybridized carbons (Fsp3) is 0.600. The fourth-order valence-corrected chi connectivity index (χ4v) is 1.07. The summed E-state index contributed by atoms with van der Waals surface area (Å²) in [4.78, 5) is 0. The van der Waals surface area contributed by atoms with E-state index >= 15 is 0 Å². The van der Waals surface area contributed by atoms with Crippen molar-refractivity contribution >= 4 is 15.9 Å². The van der Waals surface area contributed by atoms with Gasteiger partial charge in [-0.2, -0.15) is 0 Å². The highest BCUT2D eigenvalue weighted by Gasteiger charge is 1.77. The van der Waals surface area contributed by atoms with Crippen LogP contribution < -0.4 is 0 Å². The van der Waals surface area contributed by atoms with E-state index in [1.807, 2.05) is 0 Å². The number of alkyl halides is 1. The largest absolute Gasteiger partial charge is 0.0928 e. The number of halogens is 1. The number of hydrogen-bond acceptors (Lipinski definition) is 0. The summed E-state index contributed by atoms with van der Waals surface area (Å²) < 4.78 is 0. The van der Waals surface area contributed by atoms with Crippen molar-refractivity contribution in [3.63, 3.8) is 0 Å². The maximum atomic E-state index is 3.40. The molecule has 0 aromatic carbocycles. The van der Waals surface area contributed by atoms with Crippen molar-refractivity contribution in [2.45, 2.75) is 32.6 Å². The van der Waals surface area contributed by atoms with Crippen LogP contribution in [0.5, 0.6) is 0 Å². The van der Waals surface area contributed by atoms with E-state index in [1.165, 1.54) is 12.8 Å². The Morgan fingerprint density at radius 2 is 1.82 bits per heavy atom. The maximum absolute atomic E-state index is 3.40. The Kier molecular flexibility index (Phi) is 9.92. The third-order valence-corrected chi connectivity index (χ3v) is 1.91. The molecule has 0 bridgehead atoms. The molecule has 0 N–H and O–H groups in total. The summed E-state index contributed by atoms with van der Waals surface area (Å²) in [5.74, 6) is 0. The van der Waals surface area contributed by atoms with E-state index in [4.69, 9.17) is 0 Å². The second-order valence-electron chi connectivity index (χ2n) is 2.42. The Morgan fingerprint density at radius 3 is 2.45 bits per heavy atom. The van der Waals surface area contributed by atoms with Crippen LogP contribution in [0.15, 0.2) is 24.3 Å². The molecule has 0 saturated carbocycles. The van der Waals surface area contributed by atoms with E-state index in [0.29, 0.717) is 0 Å². The Labute approximate surface area is 78.5 Å². The zero-order valence-electron chi connectivity index (χ0n) is 7.22. The second-order valence-corrected chi connectivity index (χ2v) is 3.21. The Morgan fingerprint density at radius 1 is 1.09 bits per heavy atom. The lowest BCUT2D eigenvalue weighted by atomic mass is 10.2. The second kappa shape index (κ2) is 9.96. The van der Waals surface area contributed by atoms with Gasteiger partial charge in [-0.15, -0.1) is 0 Å². The van der Waals surface area contributed by atoms with Gasteiger partial charge in [0.2, 0.25) is 0 Å². The summed E-state index contributed by atoms with van der Waals surface area (Å²) >= 11 is 3.40. The van der Waals surface area contributed by atoms with Crippen LogP contribution in [0.3, 0.4) is 0 Å². The van der Waals surface area contributed by atoms with Crippen LogP contribution in [0, 0.1) is 0 Å². The van der Waals surface area contributed by atoms with Gasteiger partial charge in [0.15, 0.2) is 0 Å². The number of hydrogen-bond donors (Lipinski definition) is 0. The Hall–Kier alpha value is -0.0400. The third kappa shape index (κ3) is 9.96. The molecule has 0 radical (unpaired) electrons. The van der Waals surface area contributed by atoms with Crippen molar-refractivity contribution in [3.05, 3.63) is 24.3 Å². The van der Waals surface area contributed by atoms with Crippen LogP contribution in [-0.2, 0) is 0 Å². The first-order valence-electron chi connectivity index (χ1n) is 4.27. The van der Waals surface area contributed by atoms with E-state index in [9.17, 15) is 0 Å². The van der Waals surface area contributed by atoms with E-state index in [2.05, 4.69) is 47.2 Å². The monoisotopic (exact) mass is 216 g/mol. The van der Waals surface area contributed by atoms with E-state index in [0.717, 1.165) is 18.2 Å². The van der Waals surface area contributed by atoms with Gasteiger partial charge in [-0.3, -0.25) is 0 Å². The topological polar surface area (TPSA) is 0 Å². The highest BCUT2D eigenvalue weighted by atomic mass is 79.9. The normalized spacial score (nSPS) is 11.8. The van der Waals surface area contributed by atoms with Crippen molar-refractivity contribution in [2.75, 3.05) is 5.33 Å². The minimum absolute atomic E-state index is 1.09. The molecular formula is C10H17Br. The van der Waals surface area contributed by atoms with Gasteiger partial charge in [0.05, 0.1) is 0 Å². The molecule has 0 aliphatic rings. The van der Waals surface area contributed by atoms with Crippen LogP contribution in [0.4, 0.5) is 0 Å². The maximum Gasteiger partial charge on any atom is 0.00342 e. The average Bonchev–Trinajstić information content (AvgIpc) is 2.03. The number of unbranched alkanes of at least 4 members (excludes halogenated alkanes) is 1. The molecule has 0 saturated heterocycles. The molecular weight excluding hydrogens is 200 g/mol. The quantitative estimate of drug-likeness (QED) is 0.357. The molecule has 0 fully saturated rings. The molecule has 0 heterocycles. The minimum atomic E-state index is 1.09. The van der Waals surface area contributed by atoms with Gasteiger partial charge in [-0.1, -0.05) is 47.2 Å². The van der Waals surface area contributed by atoms with E-state index in [-0.39, 0.29) is 0 Å². The molecule has 0 rings (SSSR count). The lowest BCUT2D eigenvalue weighted by molar-refractivity contribution is 0.974. The van der Waals surface area contributed by atoms with Crippen LogP contribution in [0.2, 0.25) is 0 Å². The number of rotatable bonds is 6. The van der Waals surface area contributed by atoms with Gasteiger partial charge >= 0.3 is 0 Å². The summed E-state index contributed by atoms with van der Waals surface area (Å²) in [7, 11) is 0. The van der Waals surface area contributed by atoms with Gasteiger partial charge in [0.1, 0.15) is 0 Å². The molecule has 0 spiro atoms. The molecule has 1 heteroatoms. The first-order chi connectivity index (χ1) is 5.41. The summed E-state index contributed by atoms with van der Waals surface area (Å²) in [6.45, 7) is 2.16. The van der Waals surface area contributed by atoms with Crippen LogP contribution >= 0.6 is 15.9 Å². The first kappa shape index (κ1) is 11.0. The molecule has 0 aliphatic heterocycles. The molecule has 0 nitrogen and oxygen atoms in total. The SMILES string of the molecule is CCC=CCC=CCCCBr. The van der Waals surface area contributed by atoms with Gasteiger partial charge in [-0.05, 0) is 25.7 Å². The van der Waals surface area contributed by atoms with Crippen molar-refractivity contribution in [1.82, 2.24) is 0 Å². The fourth-order valence-electron chi connectivity index (χ4n) is 0.751. The van der Waals surface area contributed by atoms with Crippen LogP contribution in [0.25, 0.3) is 0 Å². The average molecular weight is 217 g/mol. The lowest BCUT2D eigenvalue weighted by Crippen LogP contribution is -1.69. The van der Waals surface area contributed by atoms with Gasteiger partial charge in [-0.25, -0.2) is 0 Å². The smallest absolute Gasteiger partial charge is 0.00342 e. The molecule has 0 aromatic rings. The zero-order valence-corrected chi connectivity index (χ0v) is 8.81. The van der Waals surface area contributed by atoms with Crippen molar-refractivity contribution in [2.24, 2.45) is 0 Å². The molecule has 0 aliphatic carbocycles. The van der Waals surface area contributed by atoms with Crippen LogP contribution in [0.1, 0.15) is 32.6 Å². The van der Waals surface area contributed by atoms with Gasteiger partial charge < -0.3 is 0 Å². The van der Waals surface area contributed by atoms with E-state index in [1.54, 1.807) is 0 Å². The van der Waals surface area contributed by atoms with Gasteiger partial charge in [0, 0.05) is 5.33 Å². The molecule has 0 atom stereocenters. The standard InChI is InChI=1S/C10H17Br/c1-2-3-4-5-6-7-8-9-10-11/h3-4,6-7H,2,5,8-10H2,1H3. The summed E-state index contributed by atoms with van der Waals surface area (Å²) in [6, 6.07) is 0. The molecule has 0 amide bonds. The highest BCUT2D eigenvalue weighted by molar-refractivity contribution is 9.09. The predicted octanol–water partition coefficient (Wildman–Crippen LogP) is 4.07. The summed E-state index contributed by atoms with van der Waals surface area (Å²) in [5.41, 5.74) is 0. The van der Waals surface area contributed by atoms with Crippen molar-refractivity contribution < 1.29 is 0 Å². The highest BCUT2D eigenvalue weighted by Crippen LogP contribution is 1.96. The zero-order chi connectivity index (χ0) is 8.36. The Bertz CT molecular complexity index is 114. The number of allylic oxidation sites excluding steroid dienone is 4. The summed E-state index contributed by atoms with van der Waals surface area (Å²) in [5, 5.41) is 1.11. The predicted molar refractivity (Wildman–Crippen MR) is 56.2 cm³/mol. The molecule has 11 heavy (non-hydrogen) atoms. The lowest BCUT2D eigenvalue weighted by Gasteiger charge is -1.86. The van der Waals surface area contributed by atoms with Crippen molar-refractivity contribution in [1.29, 1.82) is 0 Å². The first-order valence-corrected chi connectivity index (χ1v) is 5.40.